The maximum absolute atomic E-state index is 13.6. The Morgan fingerprint density at radius 2 is 1.90 bits per heavy atom. The van der Waals surface area contributed by atoms with Gasteiger partial charge in [0.1, 0.15) is 5.82 Å². The van der Waals surface area contributed by atoms with Crippen LogP contribution in [0.25, 0.3) is 0 Å². The second-order valence-corrected chi connectivity index (χ2v) is 5.93. The van der Waals surface area contributed by atoms with Crippen LogP contribution in [0.4, 0.5) is 4.39 Å². The summed E-state index contributed by atoms with van der Waals surface area (Å²) < 4.78 is 13.6. The molecule has 2 atom stereocenters. The number of hydrogen-bond acceptors (Lipinski definition) is 2. The fourth-order valence-electron chi connectivity index (χ4n) is 2.56. The summed E-state index contributed by atoms with van der Waals surface area (Å²) in [5.74, 6) is 0.664. The lowest BCUT2D eigenvalue weighted by Crippen LogP contribution is -2.28. The third kappa shape index (κ3) is 5.84. The summed E-state index contributed by atoms with van der Waals surface area (Å²) in [5.41, 5.74) is 6.13. The van der Waals surface area contributed by atoms with Gasteiger partial charge in [-0.1, -0.05) is 32.0 Å². The summed E-state index contributed by atoms with van der Waals surface area (Å²) in [5, 5.41) is 2.86. The summed E-state index contributed by atoms with van der Waals surface area (Å²) in [7, 11) is 0. The summed E-state index contributed by atoms with van der Waals surface area (Å²) in [6.07, 6.45) is 2.22. The number of rotatable bonds is 8. The van der Waals surface area contributed by atoms with Gasteiger partial charge < -0.3 is 11.1 Å². The minimum absolute atomic E-state index is 0.0339. The Kier molecular flexibility index (Phi) is 7.37. The summed E-state index contributed by atoms with van der Waals surface area (Å²) in [6, 6.07) is 6.22. The molecule has 1 rings (SSSR count). The molecular formula is C17H27FN2O. The van der Waals surface area contributed by atoms with Crippen LogP contribution < -0.4 is 11.1 Å². The molecule has 1 aromatic carbocycles. The molecule has 0 fully saturated rings. The Hall–Kier alpha value is -1.42. The van der Waals surface area contributed by atoms with Gasteiger partial charge in [0.05, 0.1) is 6.04 Å². The predicted octanol–water partition coefficient (Wildman–Crippen LogP) is 3.40. The number of carbonyl (C=O) groups is 1. The third-order valence-corrected chi connectivity index (χ3v) is 3.97. The second-order valence-electron chi connectivity index (χ2n) is 5.93. The number of nitrogens with one attached hydrogen (secondary N) is 1. The first-order valence-corrected chi connectivity index (χ1v) is 7.69. The lowest BCUT2D eigenvalue weighted by molar-refractivity contribution is -0.122. The first-order chi connectivity index (χ1) is 9.95. The van der Waals surface area contributed by atoms with Crippen LogP contribution in [0.3, 0.4) is 0 Å². The number of hydrogen-bond donors (Lipinski definition) is 2. The Balaban J connectivity index is 2.48. The highest BCUT2D eigenvalue weighted by Crippen LogP contribution is 2.21. The standard InChI is InChI=1S/C17H27FN2O/c1-12(2)14(10-11-19)8-9-17(21)20-13(3)15-6-4-5-7-16(15)18/h4-7,12-14H,8-11,19H2,1-3H3,(H,20,21). The molecule has 0 saturated heterocycles. The van der Waals surface area contributed by atoms with Crippen LogP contribution in [-0.4, -0.2) is 12.5 Å². The van der Waals surface area contributed by atoms with Crippen LogP contribution in [0, 0.1) is 17.7 Å². The van der Waals surface area contributed by atoms with E-state index >= 15 is 0 Å². The zero-order chi connectivity index (χ0) is 15.8. The molecule has 3 nitrogen and oxygen atoms in total. The lowest BCUT2D eigenvalue weighted by Gasteiger charge is -2.20. The normalized spacial score (nSPS) is 14.0. The second kappa shape index (κ2) is 8.78. The van der Waals surface area contributed by atoms with Gasteiger partial charge in [0, 0.05) is 12.0 Å². The monoisotopic (exact) mass is 294 g/mol. The molecule has 0 spiro atoms. The number of halogens is 1. The minimum atomic E-state index is -0.314. The van der Waals surface area contributed by atoms with Gasteiger partial charge in [0.15, 0.2) is 0 Å². The molecule has 1 amide bonds. The van der Waals surface area contributed by atoms with Crippen LogP contribution in [0.2, 0.25) is 0 Å². The molecule has 0 radical (unpaired) electrons. The van der Waals surface area contributed by atoms with Crippen molar-refractivity contribution in [3.8, 4) is 0 Å². The summed E-state index contributed by atoms with van der Waals surface area (Å²) in [4.78, 5) is 12.0. The third-order valence-electron chi connectivity index (χ3n) is 3.97. The van der Waals surface area contributed by atoms with Gasteiger partial charge in [-0.2, -0.15) is 0 Å². The molecule has 0 aromatic heterocycles. The van der Waals surface area contributed by atoms with Gasteiger partial charge in [0.2, 0.25) is 5.91 Å². The van der Waals surface area contributed by atoms with Gasteiger partial charge in [-0.25, -0.2) is 4.39 Å². The molecule has 0 heterocycles. The van der Waals surface area contributed by atoms with E-state index in [-0.39, 0.29) is 17.8 Å². The highest BCUT2D eigenvalue weighted by molar-refractivity contribution is 5.76. The quantitative estimate of drug-likeness (QED) is 0.772. The van der Waals surface area contributed by atoms with Crippen molar-refractivity contribution in [3.63, 3.8) is 0 Å². The lowest BCUT2D eigenvalue weighted by atomic mass is 9.88. The summed E-state index contributed by atoms with van der Waals surface area (Å²) >= 11 is 0. The molecule has 2 unspecified atom stereocenters. The van der Waals surface area contributed by atoms with Crippen LogP contribution in [-0.2, 0) is 4.79 Å². The van der Waals surface area contributed by atoms with Crippen molar-refractivity contribution < 1.29 is 9.18 Å². The van der Waals surface area contributed by atoms with E-state index in [1.165, 1.54) is 6.07 Å². The number of amides is 1. The molecule has 0 aliphatic heterocycles. The highest BCUT2D eigenvalue weighted by atomic mass is 19.1. The van der Waals surface area contributed by atoms with E-state index in [0.29, 0.717) is 30.4 Å². The van der Waals surface area contributed by atoms with Crippen molar-refractivity contribution >= 4 is 5.91 Å². The highest BCUT2D eigenvalue weighted by Gasteiger charge is 2.17. The summed E-state index contributed by atoms with van der Waals surface area (Å²) in [6.45, 7) is 6.76. The Morgan fingerprint density at radius 1 is 1.24 bits per heavy atom. The average Bonchev–Trinajstić information content (AvgIpc) is 2.43. The zero-order valence-corrected chi connectivity index (χ0v) is 13.2. The fraction of sp³-hybridized carbons (Fsp3) is 0.588. The predicted molar refractivity (Wildman–Crippen MR) is 84.2 cm³/mol. The molecule has 1 aromatic rings. The van der Waals surface area contributed by atoms with Crippen LogP contribution in [0.15, 0.2) is 24.3 Å². The first-order valence-electron chi connectivity index (χ1n) is 7.69. The van der Waals surface area contributed by atoms with Crippen molar-refractivity contribution in [1.82, 2.24) is 5.32 Å². The average molecular weight is 294 g/mol. The van der Waals surface area contributed by atoms with Crippen molar-refractivity contribution in [2.75, 3.05) is 6.54 Å². The van der Waals surface area contributed by atoms with Gasteiger partial charge in [-0.05, 0) is 44.2 Å². The number of nitrogens with two attached hydrogens (primary N) is 1. The molecule has 118 valence electrons. The van der Waals surface area contributed by atoms with Crippen molar-refractivity contribution in [2.24, 2.45) is 17.6 Å². The van der Waals surface area contributed by atoms with Crippen LogP contribution >= 0.6 is 0 Å². The van der Waals surface area contributed by atoms with E-state index in [4.69, 9.17) is 5.73 Å². The molecule has 0 saturated carbocycles. The zero-order valence-electron chi connectivity index (χ0n) is 13.2. The molecular weight excluding hydrogens is 267 g/mol. The smallest absolute Gasteiger partial charge is 0.220 e. The fourth-order valence-corrected chi connectivity index (χ4v) is 2.56. The van der Waals surface area contributed by atoms with Crippen LogP contribution in [0.5, 0.6) is 0 Å². The molecule has 3 N–H and O–H groups in total. The van der Waals surface area contributed by atoms with Gasteiger partial charge >= 0.3 is 0 Å². The SMILES string of the molecule is CC(NC(=O)CCC(CCN)C(C)C)c1ccccc1F. The maximum Gasteiger partial charge on any atom is 0.220 e. The van der Waals surface area contributed by atoms with Crippen molar-refractivity contribution in [2.45, 2.75) is 46.1 Å². The molecule has 0 bridgehead atoms. The molecule has 0 aliphatic carbocycles. The van der Waals surface area contributed by atoms with E-state index in [1.54, 1.807) is 25.1 Å². The van der Waals surface area contributed by atoms with E-state index in [9.17, 15) is 9.18 Å². The van der Waals surface area contributed by atoms with Gasteiger partial charge in [-0.3, -0.25) is 4.79 Å². The van der Waals surface area contributed by atoms with Gasteiger partial charge in [0.25, 0.3) is 0 Å². The Morgan fingerprint density at radius 3 is 2.48 bits per heavy atom. The minimum Gasteiger partial charge on any atom is -0.349 e. The van der Waals surface area contributed by atoms with Crippen LogP contribution in [0.1, 0.15) is 51.6 Å². The molecule has 0 aliphatic rings. The molecule has 21 heavy (non-hydrogen) atoms. The van der Waals surface area contributed by atoms with E-state index in [2.05, 4.69) is 19.2 Å². The topological polar surface area (TPSA) is 55.1 Å². The largest absolute Gasteiger partial charge is 0.349 e. The number of benzene rings is 1. The Bertz CT molecular complexity index is 448. The molecule has 4 heteroatoms. The van der Waals surface area contributed by atoms with E-state index < -0.39 is 0 Å². The first kappa shape index (κ1) is 17.6. The maximum atomic E-state index is 13.6. The van der Waals surface area contributed by atoms with Crippen molar-refractivity contribution in [3.05, 3.63) is 35.6 Å². The number of carbonyl (C=O) groups excluding carboxylic acids is 1. The van der Waals surface area contributed by atoms with Crippen molar-refractivity contribution in [1.29, 1.82) is 0 Å². The van der Waals surface area contributed by atoms with Gasteiger partial charge in [-0.15, -0.1) is 0 Å². The van der Waals surface area contributed by atoms with E-state index in [0.717, 1.165) is 12.8 Å². The van der Waals surface area contributed by atoms with E-state index in [1.807, 2.05) is 0 Å². The Labute approximate surface area is 127 Å².